The lowest BCUT2D eigenvalue weighted by molar-refractivity contribution is 0.284. The van der Waals surface area contributed by atoms with Gasteiger partial charge < -0.3 is 19.7 Å². The third-order valence-corrected chi connectivity index (χ3v) is 9.59. The zero-order chi connectivity index (χ0) is 30.2. The maximum atomic E-state index is 15.2. The number of fused-ring (bicyclic) bond motifs is 1. The molecule has 42 heavy (non-hydrogen) atoms. The molecule has 0 saturated carbocycles. The summed E-state index contributed by atoms with van der Waals surface area (Å²) in [4.78, 5) is 13.3. The van der Waals surface area contributed by atoms with Crippen molar-refractivity contribution in [3.05, 3.63) is 66.5 Å². The Bertz CT molecular complexity index is 1690. The molecule has 2 aromatic carbocycles. The number of halogens is 2. The van der Waals surface area contributed by atoms with Crippen molar-refractivity contribution in [3.8, 4) is 5.69 Å². The molecule has 0 spiro atoms. The zero-order valence-electron chi connectivity index (χ0n) is 24.5. The fraction of sp³-hybridized carbons (Fsp3) is 0.400. The van der Waals surface area contributed by atoms with E-state index >= 15 is 4.39 Å². The molecule has 1 saturated heterocycles. The van der Waals surface area contributed by atoms with Crippen LogP contribution in [0.2, 0.25) is 0 Å². The van der Waals surface area contributed by atoms with E-state index in [9.17, 15) is 12.8 Å². The lowest BCUT2D eigenvalue weighted by Gasteiger charge is -2.34. The SMILES string of the molecule is CN(C)CC1CCN(c2ccc(Nc3ncc4ccn(-c5ccc(F)c(NS(=O)(=O)C(C)(C)C)c5)c4n3)cc2F)CC1. The molecular weight excluding hydrogens is 560 g/mol. The topological polar surface area (TPSA) is 95.4 Å². The van der Waals surface area contributed by atoms with Crippen molar-refractivity contribution in [1.82, 2.24) is 19.4 Å². The van der Waals surface area contributed by atoms with E-state index in [-0.39, 0.29) is 17.5 Å². The largest absolute Gasteiger partial charge is 0.369 e. The standard InChI is InChI=1S/C30H37F2N7O2S/c1-30(2,3)42(40,41)36-26-17-23(7-8-24(26)31)39-15-12-21-18-33-29(35-28(21)39)34-22-6-9-27(25(32)16-22)38-13-10-20(11-14-38)19-37(4)5/h6-9,12,15-18,20,36H,10-11,13-14,19H2,1-5H3,(H,33,34,35). The first-order valence-corrected chi connectivity index (χ1v) is 15.4. The van der Waals surface area contributed by atoms with Crippen molar-refractivity contribution in [1.29, 1.82) is 0 Å². The van der Waals surface area contributed by atoms with Gasteiger partial charge >= 0.3 is 0 Å². The molecule has 4 aromatic rings. The average Bonchev–Trinajstić information content (AvgIpc) is 3.33. The van der Waals surface area contributed by atoms with Crippen LogP contribution in [0.1, 0.15) is 33.6 Å². The molecule has 2 aromatic heterocycles. The van der Waals surface area contributed by atoms with E-state index in [2.05, 4.69) is 43.9 Å². The van der Waals surface area contributed by atoms with Gasteiger partial charge in [-0.05, 0) is 96.1 Å². The molecule has 1 aliphatic rings. The van der Waals surface area contributed by atoms with Crippen molar-refractivity contribution in [3.63, 3.8) is 0 Å². The molecule has 2 N–H and O–H groups in total. The Kier molecular flexibility index (Phi) is 8.13. The van der Waals surface area contributed by atoms with Crippen LogP contribution in [0.15, 0.2) is 54.9 Å². The van der Waals surface area contributed by atoms with Crippen LogP contribution in [0, 0.1) is 17.6 Å². The number of nitrogens with zero attached hydrogens (tertiary/aromatic N) is 5. The third kappa shape index (κ3) is 6.34. The highest BCUT2D eigenvalue weighted by molar-refractivity contribution is 7.94. The lowest BCUT2D eigenvalue weighted by atomic mass is 9.96. The molecular formula is C30H37F2N7O2S. The second-order valence-corrected chi connectivity index (χ2v) is 14.5. The Hall–Kier alpha value is -3.77. The predicted octanol–water partition coefficient (Wildman–Crippen LogP) is 5.76. The van der Waals surface area contributed by atoms with Gasteiger partial charge in [-0.15, -0.1) is 0 Å². The molecule has 3 heterocycles. The molecule has 0 atom stereocenters. The van der Waals surface area contributed by atoms with Crippen LogP contribution < -0.4 is 14.9 Å². The van der Waals surface area contributed by atoms with Crippen LogP contribution in [-0.4, -0.2) is 66.3 Å². The second-order valence-electron chi connectivity index (χ2n) is 12.0. The van der Waals surface area contributed by atoms with Gasteiger partial charge in [0, 0.05) is 48.8 Å². The highest BCUT2D eigenvalue weighted by atomic mass is 32.2. The molecule has 1 fully saturated rings. The summed E-state index contributed by atoms with van der Waals surface area (Å²) in [5.41, 5.74) is 1.96. The van der Waals surface area contributed by atoms with Crippen LogP contribution in [0.4, 0.5) is 31.8 Å². The molecule has 0 radical (unpaired) electrons. The van der Waals surface area contributed by atoms with E-state index in [0.717, 1.165) is 37.9 Å². The van der Waals surface area contributed by atoms with Crippen molar-refractivity contribution in [2.75, 3.05) is 48.7 Å². The minimum atomic E-state index is -3.83. The number of nitrogens with one attached hydrogen (secondary N) is 2. The fourth-order valence-electron chi connectivity index (χ4n) is 5.07. The Morgan fingerprint density at radius 1 is 1.02 bits per heavy atom. The number of sulfonamides is 1. The number of aromatic nitrogens is 3. The zero-order valence-corrected chi connectivity index (χ0v) is 25.3. The lowest BCUT2D eigenvalue weighted by Crippen LogP contribution is -2.37. The molecule has 9 nitrogen and oxygen atoms in total. The summed E-state index contributed by atoms with van der Waals surface area (Å²) in [6.45, 7) is 7.30. The average molecular weight is 598 g/mol. The highest BCUT2D eigenvalue weighted by Gasteiger charge is 2.30. The van der Waals surface area contributed by atoms with Gasteiger partial charge in [-0.3, -0.25) is 4.72 Å². The van der Waals surface area contributed by atoms with Crippen LogP contribution in [0.3, 0.4) is 0 Å². The van der Waals surface area contributed by atoms with E-state index in [0.29, 0.717) is 28.6 Å². The van der Waals surface area contributed by atoms with Gasteiger partial charge in [-0.2, -0.15) is 4.98 Å². The smallest absolute Gasteiger partial charge is 0.237 e. The Morgan fingerprint density at radius 3 is 2.43 bits per heavy atom. The predicted molar refractivity (Wildman–Crippen MR) is 164 cm³/mol. The van der Waals surface area contributed by atoms with Gasteiger partial charge in [0.2, 0.25) is 16.0 Å². The van der Waals surface area contributed by atoms with Gasteiger partial charge in [0.25, 0.3) is 0 Å². The van der Waals surface area contributed by atoms with Gasteiger partial charge in [0.05, 0.1) is 16.1 Å². The number of anilines is 4. The first-order valence-electron chi connectivity index (χ1n) is 13.9. The van der Waals surface area contributed by atoms with E-state index in [1.165, 1.54) is 45.0 Å². The van der Waals surface area contributed by atoms with Crippen molar-refractivity contribution in [2.45, 2.75) is 38.4 Å². The normalized spacial score (nSPS) is 15.0. The van der Waals surface area contributed by atoms with E-state index < -0.39 is 20.6 Å². The molecule has 5 rings (SSSR count). The summed E-state index contributed by atoms with van der Waals surface area (Å²) in [5.74, 6) is -0.120. The molecule has 0 bridgehead atoms. The van der Waals surface area contributed by atoms with Crippen molar-refractivity contribution >= 4 is 44.1 Å². The molecule has 1 aliphatic heterocycles. The summed E-state index contributed by atoms with van der Waals surface area (Å²) < 4.78 is 58.0. The van der Waals surface area contributed by atoms with Crippen molar-refractivity contribution in [2.24, 2.45) is 5.92 Å². The Morgan fingerprint density at radius 2 is 1.76 bits per heavy atom. The maximum Gasteiger partial charge on any atom is 0.237 e. The highest BCUT2D eigenvalue weighted by Crippen LogP contribution is 2.30. The molecule has 0 unspecified atom stereocenters. The number of piperidine rings is 1. The third-order valence-electron chi connectivity index (χ3n) is 7.49. The van der Waals surface area contributed by atoms with Gasteiger partial charge in [0.1, 0.15) is 17.3 Å². The summed E-state index contributed by atoms with van der Waals surface area (Å²) in [7, 11) is 0.325. The summed E-state index contributed by atoms with van der Waals surface area (Å²) in [6.07, 6.45) is 5.44. The van der Waals surface area contributed by atoms with Crippen LogP contribution in [0.25, 0.3) is 16.7 Å². The van der Waals surface area contributed by atoms with Crippen LogP contribution >= 0.6 is 0 Å². The minimum Gasteiger partial charge on any atom is -0.369 e. The first-order chi connectivity index (χ1) is 19.8. The molecule has 0 amide bonds. The first kappa shape index (κ1) is 29.7. The number of hydrogen-bond donors (Lipinski definition) is 2. The fourth-order valence-corrected chi connectivity index (χ4v) is 5.82. The van der Waals surface area contributed by atoms with Gasteiger partial charge in [-0.1, -0.05) is 0 Å². The molecule has 12 heteroatoms. The second kappa shape index (κ2) is 11.5. The number of rotatable bonds is 8. The number of benzene rings is 2. The molecule has 224 valence electrons. The monoisotopic (exact) mass is 597 g/mol. The van der Waals surface area contributed by atoms with Crippen LogP contribution in [-0.2, 0) is 10.0 Å². The Balaban J connectivity index is 1.35. The quantitative estimate of drug-likeness (QED) is 0.267. The van der Waals surface area contributed by atoms with Crippen molar-refractivity contribution < 1.29 is 17.2 Å². The van der Waals surface area contributed by atoms with E-state index in [1.54, 1.807) is 29.1 Å². The maximum absolute atomic E-state index is 15.2. The van der Waals surface area contributed by atoms with E-state index in [4.69, 9.17) is 0 Å². The number of hydrogen-bond acceptors (Lipinski definition) is 7. The Labute approximate surface area is 245 Å². The van der Waals surface area contributed by atoms with Gasteiger partial charge in [-0.25, -0.2) is 22.2 Å². The molecule has 0 aliphatic carbocycles. The van der Waals surface area contributed by atoms with Crippen LogP contribution in [0.5, 0.6) is 0 Å². The summed E-state index contributed by atoms with van der Waals surface area (Å²) in [5, 5.41) is 3.80. The van der Waals surface area contributed by atoms with Gasteiger partial charge in [0.15, 0.2) is 0 Å². The summed E-state index contributed by atoms with van der Waals surface area (Å²) in [6, 6.07) is 11.0. The van der Waals surface area contributed by atoms with E-state index in [1.807, 2.05) is 6.07 Å². The minimum absolute atomic E-state index is 0.158. The summed E-state index contributed by atoms with van der Waals surface area (Å²) >= 11 is 0.